The normalized spacial score (nSPS) is 14.3. The van der Waals surface area contributed by atoms with E-state index in [0.29, 0.717) is 12.5 Å². The van der Waals surface area contributed by atoms with Crippen LogP contribution in [0.3, 0.4) is 0 Å². The van der Waals surface area contributed by atoms with Gasteiger partial charge in [0.15, 0.2) is 0 Å². The molecule has 3 aromatic rings. The molecule has 4 rings (SSSR count). The molecule has 0 spiro atoms. The molecule has 0 saturated carbocycles. The zero-order valence-corrected chi connectivity index (χ0v) is 14.3. The van der Waals surface area contributed by atoms with Crippen LogP contribution in [-0.2, 0) is 33.1 Å². The number of hydrogen-bond donors (Lipinski definition) is 1. The molecule has 0 aromatic carbocycles. The van der Waals surface area contributed by atoms with Crippen molar-refractivity contribution in [3.8, 4) is 0 Å². The van der Waals surface area contributed by atoms with Crippen molar-refractivity contribution in [3.05, 3.63) is 65.5 Å². The SMILES string of the molecule is Cn1nc(CNc2ncccn2)c2c1CN(Cc1cccnc1)CC2. The van der Waals surface area contributed by atoms with Crippen LogP contribution in [0.25, 0.3) is 0 Å². The zero-order valence-electron chi connectivity index (χ0n) is 14.3. The van der Waals surface area contributed by atoms with Gasteiger partial charge >= 0.3 is 0 Å². The van der Waals surface area contributed by atoms with Crippen molar-refractivity contribution in [1.29, 1.82) is 0 Å². The first-order chi connectivity index (χ1) is 12.3. The highest BCUT2D eigenvalue weighted by atomic mass is 15.3. The molecule has 0 aliphatic carbocycles. The summed E-state index contributed by atoms with van der Waals surface area (Å²) in [6.45, 7) is 3.51. The molecule has 3 aromatic heterocycles. The van der Waals surface area contributed by atoms with E-state index >= 15 is 0 Å². The summed E-state index contributed by atoms with van der Waals surface area (Å²) < 4.78 is 2.01. The molecule has 7 nitrogen and oxygen atoms in total. The van der Waals surface area contributed by atoms with Crippen LogP contribution in [0.1, 0.15) is 22.5 Å². The van der Waals surface area contributed by atoms with E-state index in [4.69, 9.17) is 5.10 Å². The topological polar surface area (TPSA) is 71.8 Å². The molecule has 0 atom stereocenters. The lowest BCUT2D eigenvalue weighted by molar-refractivity contribution is 0.238. The highest BCUT2D eigenvalue weighted by molar-refractivity contribution is 5.32. The van der Waals surface area contributed by atoms with Crippen LogP contribution in [-0.4, -0.2) is 36.2 Å². The molecule has 0 bridgehead atoms. The van der Waals surface area contributed by atoms with Crippen LogP contribution in [0.2, 0.25) is 0 Å². The lowest BCUT2D eigenvalue weighted by Gasteiger charge is -2.27. The van der Waals surface area contributed by atoms with Crippen LogP contribution in [0.4, 0.5) is 5.95 Å². The largest absolute Gasteiger partial charge is 0.348 e. The van der Waals surface area contributed by atoms with Crippen LogP contribution in [0, 0.1) is 0 Å². The average Bonchev–Trinajstić information content (AvgIpc) is 2.97. The molecule has 0 fully saturated rings. The molecule has 0 radical (unpaired) electrons. The van der Waals surface area contributed by atoms with Gasteiger partial charge in [0.25, 0.3) is 0 Å². The maximum absolute atomic E-state index is 4.71. The summed E-state index contributed by atoms with van der Waals surface area (Å²) in [6, 6.07) is 5.93. The number of aryl methyl sites for hydroxylation is 1. The molecule has 0 unspecified atom stereocenters. The molecule has 25 heavy (non-hydrogen) atoms. The van der Waals surface area contributed by atoms with E-state index < -0.39 is 0 Å². The second-order valence-corrected chi connectivity index (χ2v) is 6.24. The van der Waals surface area contributed by atoms with E-state index in [0.717, 1.165) is 31.7 Å². The summed E-state index contributed by atoms with van der Waals surface area (Å²) in [5, 5.41) is 7.96. The first-order valence-corrected chi connectivity index (χ1v) is 8.45. The Bertz CT molecular complexity index is 829. The van der Waals surface area contributed by atoms with Gasteiger partial charge in [-0.05, 0) is 24.1 Å². The van der Waals surface area contributed by atoms with Crippen molar-refractivity contribution in [3.63, 3.8) is 0 Å². The van der Waals surface area contributed by atoms with E-state index in [1.54, 1.807) is 12.4 Å². The van der Waals surface area contributed by atoms with E-state index in [1.165, 1.54) is 16.8 Å². The predicted octanol–water partition coefficient (Wildman–Crippen LogP) is 1.78. The Morgan fingerprint density at radius 3 is 2.84 bits per heavy atom. The Balaban J connectivity index is 1.45. The highest BCUT2D eigenvalue weighted by Crippen LogP contribution is 2.23. The maximum Gasteiger partial charge on any atom is 0.222 e. The van der Waals surface area contributed by atoms with Crippen LogP contribution in [0.15, 0.2) is 43.0 Å². The number of rotatable bonds is 5. The molecule has 7 heteroatoms. The minimum Gasteiger partial charge on any atom is -0.348 e. The number of fused-ring (bicyclic) bond motifs is 1. The fourth-order valence-corrected chi connectivity index (χ4v) is 3.29. The Morgan fingerprint density at radius 2 is 2.04 bits per heavy atom. The van der Waals surface area contributed by atoms with Crippen LogP contribution < -0.4 is 5.32 Å². The summed E-state index contributed by atoms with van der Waals surface area (Å²) in [4.78, 5) is 15.0. The van der Waals surface area contributed by atoms with Gasteiger partial charge in [0.1, 0.15) is 0 Å². The third-order valence-corrected chi connectivity index (χ3v) is 4.52. The minimum atomic E-state index is 0.635. The molecular weight excluding hydrogens is 314 g/mol. The Morgan fingerprint density at radius 1 is 1.16 bits per heavy atom. The number of nitrogens with zero attached hydrogens (tertiary/aromatic N) is 6. The minimum absolute atomic E-state index is 0.635. The van der Waals surface area contributed by atoms with Gasteiger partial charge in [0.05, 0.1) is 17.9 Å². The quantitative estimate of drug-likeness (QED) is 0.766. The lowest BCUT2D eigenvalue weighted by atomic mass is 10.0. The van der Waals surface area contributed by atoms with Crippen LogP contribution >= 0.6 is 0 Å². The van der Waals surface area contributed by atoms with Gasteiger partial charge in [-0.3, -0.25) is 14.6 Å². The smallest absolute Gasteiger partial charge is 0.222 e. The first-order valence-electron chi connectivity index (χ1n) is 8.45. The van der Waals surface area contributed by atoms with E-state index in [1.807, 2.05) is 36.3 Å². The molecular formula is C18H21N7. The number of aromatic nitrogens is 5. The standard InChI is InChI=1S/C18H21N7/c1-24-17-13-25(12-14-4-2-6-19-10-14)9-5-15(17)16(23-24)11-22-18-20-7-3-8-21-18/h2-4,6-8,10H,5,9,11-13H2,1H3,(H,20,21,22). The van der Waals surface area contributed by atoms with Gasteiger partial charge in [0, 0.05) is 57.0 Å². The molecule has 1 aliphatic heterocycles. The van der Waals surface area contributed by atoms with E-state index in [-0.39, 0.29) is 0 Å². The van der Waals surface area contributed by atoms with Gasteiger partial charge in [-0.2, -0.15) is 5.10 Å². The summed E-state index contributed by atoms with van der Waals surface area (Å²) in [6.07, 6.45) is 8.23. The second kappa shape index (κ2) is 6.98. The van der Waals surface area contributed by atoms with Gasteiger partial charge in [-0.15, -0.1) is 0 Å². The third-order valence-electron chi connectivity index (χ3n) is 4.52. The molecule has 1 N–H and O–H groups in total. The number of pyridine rings is 1. The summed E-state index contributed by atoms with van der Waals surface area (Å²) in [7, 11) is 2.02. The summed E-state index contributed by atoms with van der Waals surface area (Å²) in [5.74, 6) is 0.635. The third kappa shape index (κ3) is 3.51. The Hall–Kier alpha value is -2.80. The second-order valence-electron chi connectivity index (χ2n) is 6.24. The number of anilines is 1. The molecule has 1 aliphatic rings. The van der Waals surface area contributed by atoms with Crippen molar-refractivity contribution in [2.24, 2.45) is 7.05 Å². The van der Waals surface area contributed by atoms with Crippen molar-refractivity contribution in [1.82, 2.24) is 29.6 Å². The molecule has 0 saturated heterocycles. The van der Waals surface area contributed by atoms with Crippen molar-refractivity contribution >= 4 is 5.95 Å². The van der Waals surface area contributed by atoms with Crippen LogP contribution in [0.5, 0.6) is 0 Å². The monoisotopic (exact) mass is 335 g/mol. The van der Waals surface area contributed by atoms with Crippen molar-refractivity contribution < 1.29 is 0 Å². The molecule has 4 heterocycles. The first kappa shape index (κ1) is 15.7. The van der Waals surface area contributed by atoms with Crippen molar-refractivity contribution in [2.45, 2.75) is 26.1 Å². The number of nitrogens with one attached hydrogen (secondary N) is 1. The lowest BCUT2D eigenvalue weighted by Crippen LogP contribution is -2.31. The Labute approximate surface area is 146 Å². The molecule has 0 amide bonds. The molecule has 128 valence electrons. The van der Waals surface area contributed by atoms with Crippen molar-refractivity contribution in [2.75, 3.05) is 11.9 Å². The fourth-order valence-electron chi connectivity index (χ4n) is 3.29. The zero-order chi connectivity index (χ0) is 17.1. The van der Waals surface area contributed by atoms with E-state index in [9.17, 15) is 0 Å². The van der Waals surface area contributed by atoms with Gasteiger partial charge in [-0.25, -0.2) is 9.97 Å². The van der Waals surface area contributed by atoms with Gasteiger partial charge in [0.2, 0.25) is 5.95 Å². The number of hydrogen-bond acceptors (Lipinski definition) is 6. The highest BCUT2D eigenvalue weighted by Gasteiger charge is 2.23. The van der Waals surface area contributed by atoms with Gasteiger partial charge < -0.3 is 5.32 Å². The van der Waals surface area contributed by atoms with Gasteiger partial charge in [-0.1, -0.05) is 6.07 Å². The predicted molar refractivity (Wildman–Crippen MR) is 94.6 cm³/mol. The Kier molecular flexibility index (Phi) is 4.39. The fraction of sp³-hybridized carbons (Fsp3) is 0.333. The van der Waals surface area contributed by atoms with E-state index in [2.05, 4.69) is 31.2 Å². The summed E-state index contributed by atoms with van der Waals surface area (Å²) >= 11 is 0. The average molecular weight is 335 g/mol. The summed E-state index contributed by atoms with van der Waals surface area (Å²) in [5.41, 5.74) is 4.98. The maximum atomic E-state index is 4.71.